The Morgan fingerprint density at radius 1 is 1.20 bits per heavy atom. The van der Waals surface area contributed by atoms with Gasteiger partial charge in [-0.25, -0.2) is 0 Å². The molecule has 0 aliphatic carbocycles. The Bertz CT molecular complexity index is 389. The number of carbonyl (C=O) groups is 1. The highest BCUT2D eigenvalue weighted by molar-refractivity contribution is 5.81. The van der Waals surface area contributed by atoms with E-state index in [2.05, 4.69) is 38.1 Å². The average molecular weight is 276 g/mol. The molecular weight excluding hydrogens is 248 g/mol. The predicted octanol–water partition coefficient (Wildman–Crippen LogP) is 2.84. The van der Waals surface area contributed by atoms with E-state index in [0.29, 0.717) is 5.92 Å². The lowest BCUT2D eigenvalue weighted by Gasteiger charge is -2.22. The van der Waals surface area contributed by atoms with E-state index in [0.717, 1.165) is 32.2 Å². The van der Waals surface area contributed by atoms with E-state index in [9.17, 15) is 4.79 Å². The van der Waals surface area contributed by atoms with Crippen molar-refractivity contribution in [1.29, 1.82) is 0 Å². The number of hydrogen-bond donors (Lipinski definition) is 1. The van der Waals surface area contributed by atoms with Crippen LogP contribution in [0.25, 0.3) is 0 Å². The van der Waals surface area contributed by atoms with Gasteiger partial charge in [0.25, 0.3) is 0 Å². The third kappa shape index (κ3) is 6.20. The second-order valence-corrected chi connectivity index (χ2v) is 5.94. The summed E-state index contributed by atoms with van der Waals surface area (Å²) in [5.74, 6) is 0.527. The lowest BCUT2D eigenvalue weighted by Crippen LogP contribution is -2.42. The lowest BCUT2D eigenvalue weighted by molar-refractivity contribution is -0.131. The second-order valence-electron chi connectivity index (χ2n) is 5.94. The Balaban J connectivity index is 2.22. The highest BCUT2D eigenvalue weighted by atomic mass is 16.2. The molecule has 1 aromatic carbocycles. The van der Waals surface area contributed by atoms with Crippen LogP contribution in [0.3, 0.4) is 0 Å². The number of hydrogen-bond acceptors (Lipinski definition) is 2. The number of rotatable bonds is 8. The Hall–Kier alpha value is -1.35. The molecule has 2 N–H and O–H groups in total. The molecule has 1 atom stereocenters. The SMILES string of the molecule is CC(C)CC(N)C(=O)N(C)CCCCc1ccccc1. The largest absolute Gasteiger partial charge is 0.344 e. The highest BCUT2D eigenvalue weighted by Crippen LogP contribution is 2.07. The Kier molecular flexibility index (Phi) is 7.31. The lowest BCUT2D eigenvalue weighted by atomic mass is 10.0. The first-order valence-electron chi connectivity index (χ1n) is 7.55. The smallest absolute Gasteiger partial charge is 0.239 e. The number of nitrogens with two attached hydrogens (primary N) is 1. The number of carbonyl (C=O) groups excluding carboxylic acids is 1. The van der Waals surface area contributed by atoms with Crippen LogP contribution >= 0.6 is 0 Å². The zero-order valence-electron chi connectivity index (χ0n) is 13.0. The van der Waals surface area contributed by atoms with E-state index in [4.69, 9.17) is 5.73 Å². The van der Waals surface area contributed by atoms with Gasteiger partial charge < -0.3 is 10.6 Å². The van der Waals surface area contributed by atoms with E-state index in [-0.39, 0.29) is 11.9 Å². The van der Waals surface area contributed by atoms with Crippen LogP contribution in [-0.4, -0.2) is 30.4 Å². The summed E-state index contributed by atoms with van der Waals surface area (Å²) in [6.07, 6.45) is 3.95. The van der Waals surface area contributed by atoms with Gasteiger partial charge in [0.05, 0.1) is 6.04 Å². The molecule has 3 heteroatoms. The van der Waals surface area contributed by atoms with Crippen LogP contribution in [0.15, 0.2) is 30.3 Å². The third-order valence-electron chi connectivity index (χ3n) is 3.47. The fourth-order valence-electron chi connectivity index (χ4n) is 2.32. The van der Waals surface area contributed by atoms with Crippen LogP contribution in [0, 0.1) is 5.92 Å². The third-order valence-corrected chi connectivity index (χ3v) is 3.47. The van der Waals surface area contributed by atoms with Crippen LogP contribution in [0.4, 0.5) is 0 Å². The fourth-order valence-corrected chi connectivity index (χ4v) is 2.32. The first-order valence-corrected chi connectivity index (χ1v) is 7.55. The van der Waals surface area contributed by atoms with E-state index in [1.807, 2.05) is 13.1 Å². The number of benzene rings is 1. The maximum absolute atomic E-state index is 12.0. The summed E-state index contributed by atoms with van der Waals surface area (Å²) < 4.78 is 0. The van der Waals surface area contributed by atoms with Crippen LogP contribution in [-0.2, 0) is 11.2 Å². The summed E-state index contributed by atoms with van der Waals surface area (Å²) in [5, 5.41) is 0. The molecule has 1 amide bonds. The van der Waals surface area contributed by atoms with Crippen molar-refractivity contribution in [3.63, 3.8) is 0 Å². The summed E-state index contributed by atoms with van der Waals surface area (Å²) in [4.78, 5) is 13.8. The van der Waals surface area contributed by atoms with Crippen LogP contribution in [0.1, 0.15) is 38.7 Å². The number of likely N-dealkylation sites (N-methyl/N-ethyl adjacent to an activating group) is 1. The van der Waals surface area contributed by atoms with Crippen molar-refractivity contribution in [3.05, 3.63) is 35.9 Å². The summed E-state index contributed by atoms with van der Waals surface area (Å²) in [7, 11) is 1.85. The van der Waals surface area contributed by atoms with Gasteiger partial charge in [-0.2, -0.15) is 0 Å². The molecule has 0 aliphatic heterocycles. The van der Waals surface area contributed by atoms with E-state index in [1.54, 1.807) is 4.90 Å². The minimum atomic E-state index is -0.353. The summed E-state index contributed by atoms with van der Waals surface area (Å²) in [6.45, 7) is 4.97. The minimum Gasteiger partial charge on any atom is -0.344 e. The van der Waals surface area contributed by atoms with Crippen molar-refractivity contribution in [2.75, 3.05) is 13.6 Å². The standard InChI is InChI=1S/C17H28N2O/c1-14(2)13-16(18)17(20)19(3)12-8-7-11-15-9-5-4-6-10-15/h4-6,9-10,14,16H,7-8,11-13,18H2,1-3H3. The quantitative estimate of drug-likeness (QED) is 0.742. The molecule has 0 saturated carbocycles. The van der Waals surface area contributed by atoms with E-state index < -0.39 is 0 Å². The molecule has 0 aliphatic rings. The maximum atomic E-state index is 12.0. The molecule has 0 bridgehead atoms. The molecule has 0 aromatic heterocycles. The molecule has 0 spiro atoms. The molecular formula is C17H28N2O. The Morgan fingerprint density at radius 3 is 2.45 bits per heavy atom. The molecule has 1 aromatic rings. The molecule has 0 heterocycles. The van der Waals surface area contributed by atoms with Crippen molar-refractivity contribution < 1.29 is 4.79 Å². The van der Waals surface area contributed by atoms with Crippen molar-refractivity contribution >= 4 is 5.91 Å². The first kappa shape index (κ1) is 16.7. The monoisotopic (exact) mass is 276 g/mol. The van der Waals surface area contributed by atoms with Gasteiger partial charge in [-0.1, -0.05) is 44.2 Å². The van der Waals surface area contributed by atoms with E-state index in [1.165, 1.54) is 5.56 Å². The minimum absolute atomic E-state index is 0.0680. The number of unbranched alkanes of at least 4 members (excludes halogenated alkanes) is 1. The maximum Gasteiger partial charge on any atom is 0.239 e. The molecule has 3 nitrogen and oxygen atoms in total. The van der Waals surface area contributed by atoms with Crippen molar-refractivity contribution in [2.24, 2.45) is 11.7 Å². The fraction of sp³-hybridized carbons (Fsp3) is 0.588. The van der Waals surface area contributed by atoms with E-state index >= 15 is 0 Å². The van der Waals surface area contributed by atoms with Gasteiger partial charge in [0.1, 0.15) is 0 Å². The van der Waals surface area contributed by atoms with Gasteiger partial charge in [0.2, 0.25) is 5.91 Å². The van der Waals surface area contributed by atoms with Crippen molar-refractivity contribution in [2.45, 2.75) is 45.6 Å². The molecule has 1 rings (SSSR count). The normalized spacial score (nSPS) is 12.4. The summed E-state index contributed by atoms with van der Waals surface area (Å²) in [6, 6.07) is 10.1. The van der Waals surface area contributed by atoms with Gasteiger partial charge >= 0.3 is 0 Å². The number of amides is 1. The molecule has 1 unspecified atom stereocenters. The predicted molar refractivity (Wildman–Crippen MR) is 84.4 cm³/mol. The van der Waals surface area contributed by atoms with Crippen LogP contribution in [0.5, 0.6) is 0 Å². The first-order chi connectivity index (χ1) is 9.50. The summed E-state index contributed by atoms with van der Waals surface area (Å²) >= 11 is 0. The van der Waals surface area contributed by atoms with Gasteiger partial charge in [0, 0.05) is 13.6 Å². The zero-order valence-corrected chi connectivity index (χ0v) is 13.0. The topological polar surface area (TPSA) is 46.3 Å². The molecule has 20 heavy (non-hydrogen) atoms. The van der Waals surface area contributed by atoms with Gasteiger partial charge in [-0.3, -0.25) is 4.79 Å². The number of nitrogens with zero attached hydrogens (tertiary/aromatic N) is 1. The zero-order chi connectivity index (χ0) is 15.0. The Morgan fingerprint density at radius 2 is 1.85 bits per heavy atom. The molecule has 112 valence electrons. The van der Waals surface area contributed by atoms with Gasteiger partial charge in [-0.05, 0) is 37.2 Å². The molecule has 0 fully saturated rings. The van der Waals surface area contributed by atoms with Crippen molar-refractivity contribution in [1.82, 2.24) is 4.90 Å². The Labute approximate surface area is 123 Å². The molecule has 0 radical (unpaired) electrons. The summed E-state index contributed by atoms with van der Waals surface area (Å²) in [5.41, 5.74) is 7.28. The number of aryl methyl sites for hydroxylation is 1. The highest BCUT2D eigenvalue weighted by Gasteiger charge is 2.18. The van der Waals surface area contributed by atoms with Gasteiger partial charge in [-0.15, -0.1) is 0 Å². The second kappa shape index (κ2) is 8.75. The van der Waals surface area contributed by atoms with Crippen LogP contribution < -0.4 is 5.73 Å². The van der Waals surface area contributed by atoms with Crippen LogP contribution in [0.2, 0.25) is 0 Å². The van der Waals surface area contributed by atoms with Gasteiger partial charge in [0.15, 0.2) is 0 Å². The van der Waals surface area contributed by atoms with Crippen molar-refractivity contribution in [3.8, 4) is 0 Å². The average Bonchev–Trinajstić information content (AvgIpc) is 2.43. The molecule has 0 saturated heterocycles.